The number of nitrogens with zero attached hydrogens (tertiary/aromatic N) is 1. The van der Waals surface area contributed by atoms with Crippen molar-refractivity contribution in [1.82, 2.24) is 4.90 Å². The van der Waals surface area contributed by atoms with Crippen molar-refractivity contribution in [2.24, 2.45) is 0 Å². The average Bonchev–Trinajstić information content (AvgIpc) is 3.04. The summed E-state index contributed by atoms with van der Waals surface area (Å²) in [4.78, 5) is 55.4. The Morgan fingerprint density at radius 2 is 1.00 bits per heavy atom. The maximum Gasteiger partial charge on any atom is 0.378 e. The Bertz CT molecular complexity index is 1220. The lowest BCUT2D eigenvalue weighted by Gasteiger charge is -2.31. The second-order valence-corrected chi connectivity index (χ2v) is 8.86. The van der Waals surface area contributed by atoms with Crippen molar-refractivity contribution < 1.29 is 74.0 Å². The fourth-order valence-corrected chi connectivity index (χ4v) is 2.42. The number of halogens is 6. The molecule has 0 spiro atoms. The van der Waals surface area contributed by atoms with Gasteiger partial charge in [-0.1, -0.05) is 39.0 Å². The van der Waals surface area contributed by atoms with Crippen LogP contribution < -0.4 is 9.47 Å². The van der Waals surface area contributed by atoms with Gasteiger partial charge in [-0.3, -0.25) is 0 Å². The van der Waals surface area contributed by atoms with Crippen molar-refractivity contribution >= 4 is 29.8 Å². The summed E-state index contributed by atoms with van der Waals surface area (Å²) in [5.41, 5.74) is 0. The second kappa shape index (κ2) is 22.4. The van der Waals surface area contributed by atoms with Crippen LogP contribution in [0.1, 0.15) is 6.42 Å². The predicted molar refractivity (Wildman–Crippen MR) is 160 cm³/mol. The van der Waals surface area contributed by atoms with Gasteiger partial charge in [0.1, 0.15) is 11.5 Å². The van der Waals surface area contributed by atoms with Crippen molar-refractivity contribution in [1.29, 1.82) is 0 Å². The smallest absolute Gasteiger partial charge is 0.378 e. The molecule has 0 fully saturated rings. The number of hydrogen-bond acceptors (Lipinski definition) is 11. The quantitative estimate of drug-likeness (QED) is 0.0551. The summed E-state index contributed by atoms with van der Waals surface area (Å²) in [6.07, 6.45) is 4.91. The van der Waals surface area contributed by atoms with Gasteiger partial charge in [0.25, 0.3) is 0 Å². The van der Waals surface area contributed by atoms with Crippen molar-refractivity contribution in [3.05, 3.63) is 87.5 Å². The van der Waals surface area contributed by atoms with Gasteiger partial charge in [0, 0.05) is 43.0 Å². The highest BCUT2D eigenvalue weighted by Gasteiger charge is 2.72. The summed E-state index contributed by atoms with van der Waals surface area (Å²) in [5, 5.41) is 0. The maximum absolute atomic E-state index is 13.2. The zero-order chi connectivity index (χ0) is 37.6. The molecule has 0 heterocycles. The van der Waals surface area contributed by atoms with Crippen molar-refractivity contribution in [2.75, 3.05) is 40.5 Å². The molecule has 1 aromatic rings. The standard InChI is InChI=1S/C12H10O4.C11H10F6O4.C8H15NO2/c1-3-11(13)15-9-6-5-7-10(8-9)16-12(14)4-2;1-3-7(18)20-5-9(12,13)11(16,17)10(14,15)6-21-8(19)4-2;1-4-8(10)11-7-5-6-9(2)3/h3-8H,1-2H2;3-4H,1-2,5-6H2;4H,1,5-7H2,2-3H3. The first-order valence-corrected chi connectivity index (χ1v) is 13.2. The van der Waals surface area contributed by atoms with Crippen LogP contribution in [0.25, 0.3) is 0 Å². The summed E-state index contributed by atoms with van der Waals surface area (Å²) in [5.74, 6) is -20.6. The van der Waals surface area contributed by atoms with E-state index in [9.17, 15) is 50.3 Å². The third-order valence-electron chi connectivity index (χ3n) is 4.78. The first-order chi connectivity index (χ1) is 22.2. The van der Waals surface area contributed by atoms with Crippen LogP contribution in [0, 0.1) is 0 Å². The predicted octanol–water partition coefficient (Wildman–Crippen LogP) is 4.89. The lowest BCUT2D eigenvalue weighted by molar-refractivity contribution is -0.324. The Labute approximate surface area is 272 Å². The van der Waals surface area contributed by atoms with Crippen LogP contribution in [0.2, 0.25) is 0 Å². The van der Waals surface area contributed by atoms with Crippen LogP contribution in [-0.2, 0) is 38.2 Å². The molecule has 17 heteroatoms. The molecule has 0 aliphatic rings. The van der Waals surface area contributed by atoms with E-state index in [0.717, 1.165) is 25.1 Å². The van der Waals surface area contributed by atoms with E-state index in [1.54, 1.807) is 18.2 Å². The zero-order valence-electron chi connectivity index (χ0n) is 26.1. The van der Waals surface area contributed by atoms with E-state index in [2.05, 4.69) is 42.4 Å². The number of carbonyl (C=O) groups excluding carboxylic acids is 5. The van der Waals surface area contributed by atoms with Crippen molar-refractivity contribution in [3.8, 4) is 11.5 Å². The molecule has 0 N–H and O–H groups in total. The SMILES string of the molecule is C=CC(=O)OCC(F)(F)C(F)(F)C(F)(F)COC(=O)C=C.C=CC(=O)OCCCN(C)C.C=CC(=O)Oc1cccc(OC(=O)C=C)c1. The minimum Gasteiger partial charge on any atom is -0.462 e. The third-order valence-corrected chi connectivity index (χ3v) is 4.78. The van der Waals surface area contributed by atoms with Crippen LogP contribution in [0.4, 0.5) is 26.3 Å². The van der Waals surface area contributed by atoms with Gasteiger partial charge in [0.2, 0.25) is 0 Å². The highest BCUT2D eigenvalue weighted by atomic mass is 19.3. The second-order valence-electron chi connectivity index (χ2n) is 8.86. The van der Waals surface area contributed by atoms with Crippen LogP contribution in [0.15, 0.2) is 87.5 Å². The molecule has 0 saturated heterocycles. The average molecular weight is 696 g/mol. The molecule has 11 nitrogen and oxygen atoms in total. The lowest BCUT2D eigenvalue weighted by atomic mass is 10.1. The third kappa shape index (κ3) is 18.1. The Hall–Kier alpha value is -5.19. The van der Waals surface area contributed by atoms with Gasteiger partial charge >= 0.3 is 47.6 Å². The number of ether oxygens (including phenoxy) is 5. The normalized spacial score (nSPS) is 10.7. The zero-order valence-corrected chi connectivity index (χ0v) is 26.1. The molecule has 1 rings (SSSR count). The first-order valence-electron chi connectivity index (χ1n) is 13.2. The summed E-state index contributed by atoms with van der Waals surface area (Å²) >= 11 is 0. The molecule has 0 aliphatic carbocycles. The van der Waals surface area contributed by atoms with Crippen molar-refractivity contribution in [2.45, 2.75) is 24.2 Å². The topological polar surface area (TPSA) is 135 Å². The molecule has 266 valence electrons. The number of hydrogen-bond donors (Lipinski definition) is 0. The Kier molecular flexibility index (Phi) is 20.9. The summed E-state index contributed by atoms with van der Waals surface area (Å²) in [6.45, 7) is 12.3. The minimum absolute atomic E-state index is 0.277. The Balaban J connectivity index is 0. The number of alkyl halides is 6. The van der Waals surface area contributed by atoms with Gasteiger partial charge in [0.15, 0.2) is 13.2 Å². The monoisotopic (exact) mass is 695 g/mol. The highest BCUT2D eigenvalue weighted by molar-refractivity contribution is 5.84. The summed E-state index contributed by atoms with van der Waals surface area (Å²) in [7, 11) is 3.96. The molecule has 48 heavy (non-hydrogen) atoms. The van der Waals surface area contributed by atoms with Crippen LogP contribution >= 0.6 is 0 Å². The van der Waals surface area contributed by atoms with Crippen LogP contribution in [0.3, 0.4) is 0 Å². The highest BCUT2D eigenvalue weighted by Crippen LogP contribution is 2.46. The van der Waals surface area contributed by atoms with E-state index in [4.69, 9.17) is 14.2 Å². The molecule has 0 atom stereocenters. The number of carbonyl (C=O) groups is 5. The largest absolute Gasteiger partial charge is 0.462 e. The van der Waals surface area contributed by atoms with Crippen LogP contribution in [-0.4, -0.2) is 93.0 Å². The van der Waals surface area contributed by atoms with E-state index < -0.39 is 54.9 Å². The molecule has 0 unspecified atom stereocenters. The Morgan fingerprint density at radius 1 is 0.646 bits per heavy atom. The first kappa shape index (κ1) is 44.9. The summed E-state index contributed by atoms with van der Waals surface area (Å²) < 4.78 is 100. The molecule has 0 aromatic heterocycles. The fourth-order valence-electron chi connectivity index (χ4n) is 2.42. The molecule has 0 saturated carbocycles. The van der Waals surface area contributed by atoms with E-state index in [1.165, 1.54) is 12.1 Å². The van der Waals surface area contributed by atoms with Crippen molar-refractivity contribution in [3.63, 3.8) is 0 Å². The lowest BCUT2D eigenvalue weighted by Crippen LogP contribution is -2.58. The molecule has 0 bridgehead atoms. The van der Waals surface area contributed by atoms with Gasteiger partial charge in [0.05, 0.1) is 6.61 Å². The van der Waals surface area contributed by atoms with Gasteiger partial charge in [-0.2, -0.15) is 26.3 Å². The number of rotatable bonds is 17. The molecular formula is C31H35F6NO10. The Morgan fingerprint density at radius 3 is 1.33 bits per heavy atom. The summed E-state index contributed by atoms with van der Waals surface area (Å²) in [6, 6.07) is 6.14. The van der Waals surface area contributed by atoms with E-state index in [-0.39, 0.29) is 17.5 Å². The van der Waals surface area contributed by atoms with Gasteiger partial charge < -0.3 is 28.6 Å². The van der Waals surface area contributed by atoms with Gasteiger partial charge in [-0.05, 0) is 32.6 Å². The fraction of sp³-hybridized carbons (Fsp3) is 0.323. The molecule has 0 amide bonds. The van der Waals surface area contributed by atoms with Crippen LogP contribution in [0.5, 0.6) is 11.5 Å². The maximum atomic E-state index is 13.2. The van der Waals surface area contributed by atoms with E-state index >= 15 is 0 Å². The number of esters is 5. The molecule has 1 aromatic carbocycles. The van der Waals surface area contributed by atoms with E-state index in [1.807, 2.05) is 19.0 Å². The minimum atomic E-state index is -5.93. The van der Waals surface area contributed by atoms with Gasteiger partial charge in [-0.25, -0.2) is 24.0 Å². The molecular weight excluding hydrogens is 660 g/mol. The molecule has 0 aliphatic heterocycles. The van der Waals surface area contributed by atoms with E-state index in [0.29, 0.717) is 18.8 Å². The number of benzene rings is 1. The van der Waals surface area contributed by atoms with Gasteiger partial charge in [-0.15, -0.1) is 0 Å². The molecule has 0 radical (unpaired) electrons.